The number of aromatic nitrogens is 2. The fourth-order valence-corrected chi connectivity index (χ4v) is 7.29. The monoisotopic (exact) mass is 1060 g/mol. The van der Waals surface area contributed by atoms with E-state index in [4.69, 9.17) is 9.47 Å². The number of benzene rings is 4. The van der Waals surface area contributed by atoms with Crippen LogP contribution in [-0.4, -0.2) is 106 Å². The Morgan fingerprint density at radius 3 is 1.45 bits per heavy atom. The normalized spacial score (nSPS) is 14.1. The van der Waals surface area contributed by atoms with Crippen molar-refractivity contribution in [3.63, 3.8) is 0 Å². The van der Waals surface area contributed by atoms with E-state index in [1.165, 1.54) is 49.2 Å². The number of nitrogens with one attached hydrogen (secondary N) is 1. The highest BCUT2D eigenvalue weighted by Gasteiger charge is 2.43. The van der Waals surface area contributed by atoms with Gasteiger partial charge in [-0.05, 0) is 84.0 Å². The molecule has 0 radical (unpaired) electrons. The maximum Gasteiger partial charge on any atom is 0.471 e. The first-order chi connectivity index (χ1) is 35.0. The molecule has 24 heteroatoms. The number of nitrogens with zero attached hydrogens (tertiary/aromatic N) is 6. The quantitative estimate of drug-likeness (QED) is 0.0928. The highest BCUT2D eigenvalue weighted by molar-refractivity contribution is 6.00. The molecule has 5 aromatic rings. The molecule has 2 aliphatic heterocycles. The molecule has 1 aromatic heterocycles. The molecule has 16 nitrogen and oxygen atoms in total. The van der Waals surface area contributed by atoms with Crippen molar-refractivity contribution in [1.29, 1.82) is 0 Å². The number of amides is 5. The lowest BCUT2D eigenvalue weighted by molar-refractivity contribution is -0.173. The predicted octanol–water partition coefficient (Wildman–Crippen LogP) is 9.38. The molecule has 0 atom stereocenters. The standard InChI is InChI=1S/C26H27F4N3O5.C25H24F4N4O4/c1-25(2,3)38-24(37)32-13-18(14-32)22(35)33(19-7-5-4-6-8-19)15-17-10-9-16(11-20(17)27)21(34)12-31-23(36)26(28,29)30;1-24(2,3)37-23(35)32-12-17(13-32)21(34)33(18-7-5-4-6-8-18)14-16-10-9-15(11-19(16)26)20-30-31-22(36-20)25(27,28)29/h4-11,18H,12-15H2,1-3H3,(H,31,36);4-11,17H,12-14H2,1-3H3. The molecule has 0 spiro atoms. The number of alkyl halides is 6. The van der Waals surface area contributed by atoms with Gasteiger partial charge in [0.15, 0.2) is 5.78 Å². The summed E-state index contributed by atoms with van der Waals surface area (Å²) in [6, 6.07) is 24.1. The molecular formula is C51H51F8N7O9. The second-order valence-corrected chi connectivity index (χ2v) is 19.3. The summed E-state index contributed by atoms with van der Waals surface area (Å²) in [5.41, 5.74) is -0.423. The van der Waals surface area contributed by atoms with E-state index < -0.39 is 89.2 Å². The van der Waals surface area contributed by atoms with E-state index >= 15 is 4.39 Å². The minimum absolute atomic E-state index is 0.0335. The van der Waals surface area contributed by atoms with Crippen molar-refractivity contribution in [3.8, 4) is 11.5 Å². The van der Waals surface area contributed by atoms with Gasteiger partial charge in [0.05, 0.1) is 31.5 Å². The fourth-order valence-electron chi connectivity index (χ4n) is 7.29. The summed E-state index contributed by atoms with van der Waals surface area (Å²) < 4.78 is 120. The number of Topliss-reactive ketones (excluding diaryl/α,β-unsaturated/α-hetero) is 1. The van der Waals surface area contributed by atoms with Gasteiger partial charge in [-0.15, -0.1) is 10.2 Å². The van der Waals surface area contributed by atoms with Crippen LogP contribution in [0.25, 0.3) is 11.5 Å². The fraction of sp³-hybridized carbons (Fsp3) is 0.373. The van der Waals surface area contributed by atoms with Crippen LogP contribution in [0.1, 0.15) is 68.9 Å². The molecule has 3 heterocycles. The zero-order chi connectivity index (χ0) is 55.2. The van der Waals surface area contributed by atoms with Gasteiger partial charge in [0.25, 0.3) is 0 Å². The number of carbonyl (C=O) groups is 6. The van der Waals surface area contributed by atoms with Crippen LogP contribution in [0.3, 0.4) is 0 Å². The van der Waals surface area contributed by atoms with E-state index in [0.29, 0.717) is 11.4 Å². The minimum atomic E-state index is -5.15. The molecule has 0 unspecified atom stereocenters. The number of hydrogen-bond donors (Lipinski definition) is 1. The Morgan fingerprint density at radius 1 is 0.627 bits per heavy atom. The summed E-state index contributed by atoms with van der Waals surface area (Å²) in [6.07, 6.45) is -11.0. The summed E-state index contributed by atoms with van der Waals surface area (Å²) in [6.45, 7) is 9.74. The van der Waals surface area contributed by atoms with Gasteiger partial charge in [-0.1, -0.05) is 54.6 Å². The third-order valence-corrected chi connectivity index (χ3v) is 11.1. The Bertz CT molecular complexity index is 2880. The summed E-state index contributed by atoms with van der Waals surface area (Å²) >= 11 is 0. The Kier molecular flexibility index (Phi) is 17.1. The van der Waals surface area contributed by atoms with Crippen molar-refractivity contribution < 1.29 is 77.8 Å². The van der Waals surface area contributed by atoms with Crippen LogP contribution in [0, 0.1) is 23.5 Å². The van der Waals surface area contributed by atoms with Crippen LogP contribution < -0.4 is 15.1 Å². The van der Waals surface area contributed by atoms with Crippen LogP contribution in [0.4, 0.5) is 56.1 Å². The van der Waals surface area contributed by atoms with Crippen molar-refractivity contribution in [2.45, 2.75) is 78.2 Å². The SMILES string of the molecule is CC(C)(C)OC(=O)N1CC(C(=O)N(Cc2ccc(-c3nnc(C(F)(F)F)o3)cc2F)c2ccccc2)C1.CC(C)(C)OC(=O)N1CC(C(=O)N(Cc2ccc(C(=O)CNC(=O)C(F)(F)F)cc2F)c2ccccc2)C1. The molecule has 0 aliphatic carbocycles. The van der Waals surface area contributed by atoms with Gasteiger partial charge in [0, 0.05) is 59.8 Å². The molecule has 75 heavy (non-hydrogen) atoms. The van der Waals surface area contributed by atoms with Crippen LogP contribution in [-0.2, 0) is 43.1 Å². The number of ether oxygens (including phenoxy) is 2. The molecule has 1 N–H and O–H groups in total. The van der Waals surface area contributed by atoms with Crippen LogP contribution in [0.5, 0.6) is 0 Å². The summed E-state index contributed by atoms with van der Waals surface area (Å²) in [7, 11) is 0. The van der Waals surface area contributed by atoms with Gasteiger partial charge >= 0.3 is 36.3 Å². The first-order valence-corrected chi connectivity index (χ1v) is 23.0. The molecular weight excluding hydrogens is 1010 g/mol. The number of carbonyl (C=O) groups excluding carboxylic acids is 6. The maximum atomic E-state index is 15.0. The molecule has 2 saturated heterocycles. The second-order valence-electron chi connectivity index (χ2n) is 19.3. The third kappa shape index (κ3) is 15.1. The Morgan fingerprint density at radius 2 is 1.07 bits per heavy atom. The molecule has 2 aliphatic rings. The summed E-state index contributed by atoms with van der Waals surface area (Å²) in [5.74, 6) is -8.51. The van der Waals surface area contributed by atoms with Crippen LogP contribution in [0.2, 0.25) is 0 Å². The van der Waals surface area contributed by atoms with E-state index in [0.717, 1.165) is 12.1 Å². The van der Waals surface area contributed by atoms with Crippen molar-refractivity contribution in [2.24, 2.45) is 11.8 Å². The predicted molar refractivity (Wildman–Crippen MR) is 252 cm³/mol. The second kappa shape index (κ2) is 22.7. The van der Waals surface area contributed by atoms with Gasteiger partial charge < -0.3 is 38.8 Å². The van der Waals surface area contributed by atoms with E-state index in [-0.39, 0.29) is 73.3 Å². The lowest BCUT2D eigenvalue weighted by Crippen LogP contribution is -2.57. The largest absolute Gasteiger partial charge is 0.471 e. The Labute approximate surface area is 424 Å². The Hall–Kier alpha value is -7.92. The zero-order valence-electron chi connectivity index (χ0n) is 41.2. The van der Waals surface area contributed by atoms with Gasteiger partial charge in [0.2, 0.25) is 17.7 Å². The zero-order valence-corrected chi connectivity index (χ0v) is 41.2. The minimum Gasteiger partial charge on any atom is -0.444 e. The lowest BCUT2D eigenvalue weighted by Gasteiger charge is -2.41. The van der Waals surface area contributed by atoms with Gasteiger partial charge in [-0.3, -0.25) is 19.2 Å². The first kappa shape index (κ1) is 56.4. The first-order valence-electron chi connectivity index (χ1n) is 23.0. The molecule has 0 saturated carbocycles. The number of rotatable bonds is 12. The van der Waals surface area contributed by atoms with Crippen molar-refractivity contribution in [1.82, 2.24) is 25.3 Å². The van der Waals surface area contributed by atoms with Crippen molar-refractivity contribution in [3.05, 3.63) is 131 Å². The topological polar surface area (TPSA) is 185 Å². The average molecular weight is 1060 g/mol. The van der Waals surface area contributed by atoms with Crippen molar-refractivity contribution >= 4 is 47.1 Å². The van der Waals surface area contributed by atoms with E-state index in [2.05, 4.69) is 14.6 Å². The van der Waals surface area contributed by atoms with Crippen molar-refractivity contribution in [2.75, 3.05) is 42.5 Å². The maximum absolute atomic E-state index is 15.0. The molecule has 7 rings (SSSR count). The van der Waals surface area contributed by atoms with Crippen LogP contribution >= 0.6 is 0 Å². The van der Waals surface area contributed by atoms with Crippen LogP contribution in [0.15, 0.2) is 101 Å². The number of likely N-dealkylation sites (tertiary alicyclic amines) is 2. The molecule has 400 valence electrons. The van der Waals surface area contributed by atoms with E-state index in [9.17, 15) is 59.5 Å². The number of para-hydroxylation sites is 2. The summed E-state index contributed by atoms with van der Waals surface area (Å²) in [5, 5.41) is 7.73. The highest BCUT2D eigenvalue weighted by Crippen LogP contribution is 2.33. The number of halogens is 8. The van der Waals surface area contributed by atoms with E-state index in [1.807, 2.05) is 0 Å². The highest BCUT2D eigenvalue weighted by atomic mass is 19.4. The Balaban J connectivity index is 0.000000244. The smallest absolute Gasteiger partial charge is 0.444 e. The summed E-state index contributed by atoms with van der Waals surface area (Å²) in [4.78, 5) is 79.8. The van der Waals surface area contributed by atoms with E-state index in [1.54, 1.807) is 102 Å². The average Bonchev–Trinajstić information content (AvgIpc) is 3.80. The third-order valence-electron chi connectivity index (χ3n) is 11.1. The lowest BCUT2D eigenvalue weighted by atomic mass is 9.98. The number of hydrogen-bond acceptors (Lipinski definition) is 11. The number of anilines is 2. The van der Waals surface area contributed by atoms with Gasteiger partial charge in [-0.25, -0.2) is 18.4 Å². The van der Waals surface area contributed by atoms with Gasteiger partial charge in [-0.2, -0.15) is 26.3 Å². The molecule has 2 fully saturated rings. The molecule has 5 amide bonds. The molecule has 4 aromatic carbocycles. The number of ketones is 1. The molecule has 0 bridgehead atoms. The van der Waals surface area contributed by atoms with Gasteiger partial charge in [0.1, 0.15) is 22.8 Å².